The molecule has 0 aliphatic heterocycles. The van der Waals surface area contributed by atoms with Crippen molar-refractivity contribution >= 4 is 5.91 Å². The molecule has 0 radical (unpaired) electrons. The fraction of sp³-hybridized carbons (Fsp3) is 0.533. The van der Waals surface area contributed by atoms with Crippen LogP contribution in [0.2, 0.25) is 0 Å². The lowest BCUT2D eigenvalue weighted by atomic mass is 10.0. The van der Waals surface area contributed by atoms with E-state index in [1.807, 2.05) is 13.0 Å². The lowest BCUT2D eigenvalue weighted by molar-refractivity contribution is -0.122. The smallest absolute Gasteiger partial charge is 0.222 e. The van der Waals surface area contributed by atoms with Gasteiger partial charge in [0.2, 0.25) is 5.91 Å². The zero-order valence-electron chi connectivity index (χ0n) is 11.4. The second-order valence-corrected chi connectivity index (χ2v) is 5.50. The maximum Gasteiger partial charge on any atom is 0.222 e. The van der Waals surface area contributed by atoms with Crippen molar-refractivity contribution in [3.8, 4) is 0 Å². The second-order valence-electron chi connectivity index (χ2n) is 5.50. The first-order chi connectivity index (χ1) is 8.97. The molecule has 1 aromatic rings. The number of carbonyl (C=O) groups excluding carboxylic acids is 1. The van der Waals surface area contributed by atoms with Crippen molar-refractivity contribution in [1.82, 2.24) is 5.32 Å². The van der Waals surface area contributed by atoms with E-state index < -0.39 is 0 Å². The molecule has 1 aromatic carbocycles. The summed E-state index contributed by atoms with van der Waals surface area (Å²) in [6.45, 7) is 3.57. The third-order valence-electron chi connectivity index (χ3n) is 3.72. The van der Waals surface area contributed by atoms with E-state index in [1.165, 1.54) is 6.07 Å². The SMILES string of the molecule is Cc1ccc(C(C)NC(=O)CC(N)C2CC2)cc1F. The minimum atomic E-state index is -0.242. The zero-order chi connectivity index (χ0) is 14.0. The molecule has 3 nitrogen and oxygen atoms in total. The molecule has 2 unspecified atom stereocenters. The van der Waals surface area contributed by atoms with Crippen LogP contribution in [-0.4, -0.2) is 11.9 Å². The van der Waals surface area contributed by atoms with Crippen LogP contribution in [0.3, 0.4) is 0 Å². The molecule has 1 fully saturated rings. The number of nitrogens with one attached hydrogen (secondary N) is 1. The Morgan fingerprint density at radius 1 is 1.53 bits per heavy atom. The molecule has 3 N–H and O–H groups in total. The summed E-state index contributed by atoms with van der Waals surface area (Å²) >= 11 is 0. The van der Waals surface area contributed by atoms with Crippen LogP contribution in [-0.2, 0) is 4.79 Å². The summed E-state index contributed by atoms with van der Waals surface area (Å²) < 4.78 is 13.5. The van der Waals surface area contributed by atoms with E-state index in [2.05, 4.69) is 5.32 Å². The van der Waals surface area contributed by atoms with Crippen molar-refractivity contribution in [3.63, 3.8) is 0 Å². The summed E-state index contributed by atoms with van der Waals surface area (Å²) in [4.78, 5) is 11.8. The maximum absolute atomic E-state index is 13.5. The first-order valence-corrected chi connectivity index (χ1v) is 6.78. The largest absolute Gasteiger partial charge is 0.350 e. The van der Waals surface area contributed by atoms with Gasteiger partial charge in [-0.1, -0.05) is 12.1 Å². The quantitative estimate of drug-likeness (QED) is 0.858. The summed E-state index contributed by atoms with van der Waals surface area (Å²) in [6.07, 6.45) is 2.61. The van der Waals surface area contributed by atoms with Crippen LogP contribution in [0.25, 0.3) is 0 Å². The number of benzene rings is 1. The van der Waals surface area contributed by atoms with Gasteiger partial charge in [-0.3, -0.25) is 4.79 Å². The van der Waals surface area contributed by atoms with E-state index in [0.29, 0.717) is 17.9 Å². The highest BCUT2D eigenvalue weighted by molar-refractivity contribution is 5.77. The van der Waals surface area contributed by atoms with Crippen LogP contribution >= 0.6 is 0 Å². The molecule has 19 heavy (non-hydrogen) atoms. The molecule has 104 valence electrons. The van der Waals surface area contributed by atoms with Crippen LogP contribution in [0.5, 0.6) is 0 Å². The van der Waals surface area contributed by atoms with Gasteiger partial charge in [-0.15, -0.1) is 0 Å². The topological polar surface area (TPSA) is 55.1 Å². The van der Waals surface area contributed by atoms with Crippen molar-refractivity contribution < 1.29 is 9.18 Å². The fourth-order valence-corrected chi connectivity index (χ4v) is 2.17. The highest BCUT2D eigenvalue weighted by Gasteiger charge is 2.30. The van der Waals surface area contributed by atoms with Crippen molar-refractivity contribution in [1.29, 1.82) is 0 Å². The van der Waals surface area contributed by atoms with Gasteiger partial charge in [-0.25, -0.2) is 4.39 Å². The molecule has 1 aliphatic rings. The third-order valence-corrected chi connectivity index (χ3v) is 3.72. The summed E-state index contributed by atoms with van der Waals surface area (Å²) in [6, 6.07) is 4.80. The minimum Gasteiger partial charge on any atom is -0.350 e. The molecule has 4 heteroatoms. The molecular weight excluding hydrogens is 243 g/mol. The Balaban J connectivity index is 1.90. The van der Waals surface area contributed by atoms with E-state index in [0.717, 1.165) is 18.4 Å². The molecule has 2 atom stereocenters. The molecule has 0 spiro atoms. The second kappa shape index (κ2) is 5.70. The minimum absolute atomic E-state index is 0.0399. The first kappa shape index (κ1) is 14.0. The Labute approximate surface area is 113 Å². The van der Waals surface area contributed by atoms with Gasteiger partial charge in [0.15, 0.2) is 0 Å². The van der Waals surface area contributed by atoms with Crippen molar-refractivity contribution in [2.45, 2.75) is 45.2 Å². The number of amides is 1. The Hall–Kier alpha value is -1.42. The fourth-order valence-electron chi connectivity index (χ4n) is 2.17. The molecule has 0 saturated heterocycles. The van der Waals surface area contributed by atoms with Crippen LogP contribution in [0.1, 0.15) is 43.4 Å². The lowest BCUT2D eigenvalue weighted by Crippen LogP contribution is -2.34. The Morgan fingerprint density at radius 3 is 2.79 bits per heavy atom. The maximum atomic E-state index is 13.5. The Kier molecular flexibility index (Phi) is 4.20. The highest BCUT2D eigenvalue weighted by Crippen LogP contribution is 2.32. The summed E-state index contributed by atoms with van der Waals surface area (Å²) in [5, 5.41) is 2.87. The monoisotopic (exact) mass is 264 g/mol. The van der Waals surface area contributed by atoms with E-state index in [1.54, 1.807) is 13.0 Å². The van der Waals surface area contributed by atoms with Gasteiger partial charge >= 0.3 is 0 Å². The summed E-state index contributed by atoms with van der Waals surface area (Å²) in [5.74, 6) is 0.207. The number of hydrogen-bond donors (Lipinski definition) is 2. The molecule has 0 bridgehead atoms. The van der Waals surface area contributed by atoms with E-state index in [-0.39, 0.29) is 23.8 Å². The molecule has 0 heterocycles. The van der Waals surface area contributed by atoms with Gasteiger partial charge in [0.05, 0.1) is 6.04 Å². The standard InChI is InChI=1S/C15H21FN2O/c1-9-3-4-12(7-13(9)16)10(2)18-15(19)8-14(17)11-5-6-11/h3-4,7,10-11,14H,5-6,8,17H2,1-2H3,(H,18,19). The lowest BCUT2D eigenvalue weighted by Gasteiger charge is -2.17. The average Bonchev–Trinajstić information content (AvgIpc) is 3.16. The van der Waals surface area contributed by atoms with E-state index >= 15 is 0 Å². The number of nitrogens with two attached hydrogens (primary N) is 1. The Morgan fingerprint density at radius 2 is 2.21 bits per heavy atom. The number of halogens is 1. The Bertz CT molecular complexity index is 471. The average molecular weight is 264 g/mol. The molecule has 0 aromatic heterocycles. The number of carbonyl (C=O) groups is 1. The van der Waals surface area contributed by atoms with Crippen molar-refractivity contribution in [3.05, 3.63) is 35.1 Å². The van der Waals surface area contributed by atoms with Crippen LogP contribution in [0.4, 0.5) is 4.39 Å². The van der Waals surface area contributed by atoms with Crippen LogP contribution in [0.15, 0.2) is 18.2 Å². The van der Waals surface area contributed by atoms with Gasteiger partial charge in [-0.2, -0.15) is 0 Å². The molecule has 2 rings (SSSR count). The van der Waals surface area contributed by atoms with Gasteiger partial charge in [0.1, 0.15) is 5.82 Å². The first-order valence-electron chi connectivity index (χ1n) is 6.78. The highest BCUT2D eigenvalue weighted by atomic mass is 19.1. The van der Waals surface area contributed by atoms with Crippen molar-refractivity contribution in [2.24, 2.45) is 11.7 Å². The predicted molar refractivity (Wildman–Crippen MR) is 73.0 cm³/mol. The predicted octanol–water partition coefficient (Wildman–Crippen LogP) is 2.44. The number of hydrogen-bond acceptors (Lipinski definition) is 2. The molecule has 1 saturated carbocycles. The molecule has 1 aliphatic carbocycles. The normalized spacial score (nSPS) is 17.9. The molecular formula is C15H21FN2O. The molecule has 1 amide bonds. The van der Waals surface area contributed by atoms with Gasteiger partial charge in [-0.05, 0) is 49.8 Å². The van der Waals surface area contributed by atoms with Gasteiger partial charge in [0.25, 0.3) is 0 Å². The summed E-state index contributed by atoms with van der Waals surface area (Å²) in [5.41, 5.74) is 7.30. The van der Waals surface area contributed by atoms with E-state index in [9.17, 15) is 9.18 Å². The number of aryl methyl sites for hydroxylation is 1. The zero-order valence-corrected chi connectivity index (χ0v) is 11.4. The van der Waals surface area contributed by atoms with Crippen LogP contribution in [0, 0.1) is 18.7 Å². The van der Waals surface area contributed by atoms with Gasteiger partial charge < -0.3 is 11.1 Å². The summed E-state index contributed by atoms with van der Waals surface area (Å²) in [7, 11) is 0. The van der Waals surface area contributed by atoms with Crippen molar-refractivity contribution in [2.75, 3.05) is 0 Å². The van der Waals surface area contributed by atoms with E-state index in [4.69, 9.17) is 5.73 Å². The van der Waals surface area contributed by atoms with Crippen LogP contribution < -0.4 is 11.1 Å². The third kappa shape index (κ3) is 3.77. The number of rotatable bonds is 5. The van der Waals surface area contributed by atoms with Gasteiger partial charge in [0, 0.05) is 12.5 Å².